The molecule has 1 aliphatic heterocycles. The van der Waals surface area contributed by atoms with Crippen molar-refractivity contribution in [2.24, 2.45) is 0 Å². The van der Waals surface area contributed by atoms with Gasteiger partial charge in [-0.3, -0.25) is 0 Å². The number of nitrogens with zero attached hydrogens (tertiary/aromatic N) is 1. The summed E-state index contributed by atoms with van der Waals surface area (Å²) in [5, 5.41) is 11.6. The number of hydroxylamine groups is 1. The van der Waals surface area contributed by atoms with Crippen molar-refractivity contribution in [3.63, 3.8) is 0 Å². The van der Waals surface area contributed by atoms with E-state index in [1.54, 1.807) is 6.21 Å². The second-order valence-electron chi connectivity index (χ2n) is 4.48. The summed E-state index contributed by atoms with van der Waals surface area (Å²) < 4.78 is 6.61. The van der Waals surface area contributed by atoms with Crippen LogP contribution in [0.4, 0.5) is 0 Å². The van der Waals surface area contributed by atoms with Crippen LogP contribution in [0.1, 0.15) is 24.8 Å². The summed E-state index contributed by atoms with van der Waals surface area (Å²) in [4.78, 5) is 10.3. The summed E-state index contributed by atoms with van der Waals surface area (Å²) in [5.41, 5.74) is 1.10. The standard InChI is InChI=1S/C14H17NO3/c16-8-4-7-13-9-14(10-15(13)17)18-11-12-5-2-1-3-6-12/h1-3,5-6,8,10,13-14H,4,7,9,11H2/t13-,14+/m0/s1. The van der Waals surface area contributed by atoms with Gasteiger partial charge in [0.1, 0.15) is 12.4 Å². The van der Waals surface area contributed by atoms with Crippen LogP contribution < -0.4 is 0 Å². The molecule has 0 fully saturated rings. The Morgan fingerprint density at radius 3 is 2.89 bits per heavy atom. The minimum absolute atomic E-state index is 0.115. The van der Waals surface area contributed by atoms with Crippen molar-refractivity contribution in [3.8, 4) is 0 Å². The van der Waals surface area contributed by atoms with Crippen LogP contribution in [-0.4, -0.2) is 29.4 Å². The topological polar surface area (TPSA) is 52.4 Å². The normalized spacial score (nSPS) is 22.8. The van der Waals surface area contributed by atoms with Crippen LogP contribution >= 0.6 is 0 Å². The van der Waals surface area contributed by atoms with Crippen LogP contribution in [0.25, 0.3) is 0 Å². The van der Waals surface area contributed by atoms with Crippen molar-refractivity contribution in [3.05, 3.63) is 41.1 Å². The quantitative estimate of drug-likeness (QED) is 0.438. The zero-order valence-electron chi connectivity index (χ0n) is 10.2. The van der Waals surface area contributed by atoms with E-state index in [0.717, 1.165) is 16.6 Å². The molecule has 1 aromatic carbocycles. The average Bonchev–Trinajstić information content (AvgIpc) is 2.76. The summed E-state index contributed by atoms with van der Waals surface area (Å²) in [6, 6.07) is 9.76. The molecule has 2 atom stereocenters. The fourth-order valence-corrected chi connectivity index (χ4v) is 2.11. The third-order valence-electron chi connectivity index (χ3n) is 3.10. The molecular formula is C14H17NO3. The molecule has 0 aromatic heterocycles. The van der Waals surface area contributed by atoms with E-state index in [0.29, 0.717) is 25.9 Å². The molecule has 0 saturated heterocycles. The van der Waals surface area contributed by atoms with Crippen LogP contribution in [0.3, 0.4) is 0 Å². The lowest BCUT2D eigenvalue weighted by Gasteiger charge is -2.09. The number of carbonyl (C=O) groups is 1. The van der Waals surface area contributed by atoms with Gasteiger partial charge in [0.25, 0.3) is 0 Å². The lowest BCUT2D eigenvalue weighted by Crippen LogP contribution is -2.17. The monoisotopic (exact) mass is 247 g/mol. The number of ether oxygens (including phenoxy) is 1. The first kappa shape index (κ1) is 12.8. The maximum Gasteiger partial charge on any atom is 0.180 e. The summed E-state index contributed by atoms with van der Waals surface area (Å²) in [5.74, 6) is 0. The third-order valence-corrected chi connectivity index (χ3v) is 3.10. The largest absolute Gasteiger partial charge is 0.624 e. The highest BCUT2D eigenvalue weighted by molar-refractivity contribution is 5.59. The smallest absolute Gasteiger partial charge is 0.180 e. The Morgan fingerprint density at radius 2 is 2.17 bits per heavy atom. The van der Waals surface area contributed by atoms with Crippen LogP contribution in [0.5, 0.6) is 0 Å². The second kappa shape index (κ2) is 6.31. The molecule has 1 heterocycles. The van der Waals surface area contributed by atoms with E-state index in [1.165, 1.54) is 0 Å². The van der Waals surface area contributed by atoms with Crippen molar-refractivity contribution in [1.82, 2.24) is 0 Å². The molecule has 0 amide bonds. The first-order chi connectivity index (χ1) is 8.79. The van der Waals surface area contributed by atoms with Gasteiger partial charge in [-0.05, 0) is 5.56 Å². The SMILES string of the molecule is O=CCC[C@H]1C[C@@H](OCc2ccccc2)C=[N+]1[O-]. The lowest BCUT2D eigenvalue weighted by molar-refractivity contribution is -0.488. The van der Waals surface area contributed by atoms with Crippen molar-refractivity contribution >= 4 is 12.5 Å². The van der Waals surface area contributed by atoms with Crippen molar-refractivity contribution in [1.29, 1.82) is 0 Å². The first-order valence-corrected chi connectivity index (χ1v) is 6.19. The van der Waals surface area contributed by atoms with E-state index >= 15 is 0 Å². The van der Waals surface area contributed by atoms with Gasteiger partial charge in [0.2, 0.25) is 0 Å². The average molecular weight is 247 g/mol. The maximum absolute atomic E-state index is 11.6. The minimum Gasteiger partial charge on any atom is -0.624 e. The van der Waals surface area contributed by atoms with Gasteiger partial charge in [0.05, 0.1) is 6.61 Å². The van der Waals surface area contributed by atoms with Gasteiger partial charge in [-0.1, -0.05) is 30.3 Å². The zero-order valence-corrected chi connectivity index (χ0v) is 10.2. The molecule has 0 bridgehead atoms. The molecule has 0 spiro atoms. The van der Waals surface area contributed by atoms with Crippen LogP contribution in [0.2, 0.25) is 0 Å². The Hall–Kier alpha value is -1.68. The fraction of sp³-hybridized carbons (Fsp3) is 0.429. The number of aldehydes is 1. The van der Waals surface area contributed by atoms with E-state index in [-0.39, 0.29) is 12.1 Å². The predicted molar refractivity (Wildman–Crippen MR) is 68.4 cm³/mol. The van der Waals surface area contributed by atoms with Crippen molar-refractivity contribution in [2.75, 3.05) is 0 Å². The minimum atomic E-state index is -0.139. The summed E-state index contributed by atoms with van der Waals surface area (Å²) in [6.07, 6.45) is 3.99. The van der Waals surface area contributed by atoms with Gasteiger partial charge in [0, 0.05) is 19.3 Å². The van der Waals surface area contributed by atoms with E-state index in [9.17, 15) is 10.0 Å². The highest BCUT2D eigenvalue weighted by atomic mass is 16.5. The number of hydrogen-bond donors (Lipinski definition) is 0. The van der Waals surface area contributed by atoms with E-state index < -0.39 is 0 Å². The molecule has 1 aliphatic rings. The van der Waals surface area contributed by atoms with Crippen LogP contribution in [0.15, 0.2) is 30.3 Å². The highest BCUT2D eigenvalue weighted by Gasteiger charge is 2.30. The zero-order chi connectivity index (χ0) is 12.8. The van der Waals surface area contributed by atoms with Gasteiger partial charge in [-0.2, -0.15) is 0 Å². The molecule has 0 unspecified atom stereocenters. The third kappa shape index (κ3) is 3.40. The van der Waals surface area contributed by atoms with Gasteiger partial charge >= 0.3 is 0 Å². The number of carbonyl (C=O) groups excluding carboxylic acids is 1. The van der Waals surface area contributed by atoms with Gasteiger partial charge in [-0.25, -0.2) is 4.74 Å². The van der Waals surface area contributed by atoms with Crippen molar-refractivity contribution < 1.29 is 14.3 Å². The Bertz CT molecular complexity index is 416. The number of rotatable bonds is 6. The molecule has 2 rings (SSSR count). The lowest BCUT2D eigenvalue weighted by atomic mass is 10.1. The molecule has 1 aromatic rings. The van der Waals surface area contributed by atoms with E-state index in [1.807, 2.05) is 30.3 Å². The summed E-state index contributed by atoms with van der Waals surface area (Å²) in [7, 11) is 0. The van der Waals surface area contributed by atoms with Gasteiger partial charge < -0.3 is 14.7 Å². The molecule has 0 N–H and O–H groups in total. The number of hydrogen-bond acceptors (Lipinski definition) is 3. The molecule has 0 aliphatic carbocycles. The maximum atomic E-state index is 11.6. The van der Waals surface area contributed by atoms with Crippen LogP contribution in [-0.2, 0) is 16.1 Å². The highest BCUT2D eigenvalue weighted by Crippen LogP contribution is 2.17. The van der Waals surface area contributed by atoms with Crippen molar-refractivity contribution in [2.45, 2.75) is 38.0 Å². The summed E-state index contributed by atoms with van der Waals surface area (Å²) >= 11 is 0. The Morgan fingerprint density at radius 1 is 1.39 bits per heavy atom. The van der Waals surface area contributed by atoms with E-state index in [2.05, 4.69) is 0 Å². The molecule has 4 heteroatoms. The molecule has 0 radical (unpaired) electrons. The van der Waals surface area contributed by atoms with Gasteiger partial charge in [-0.15, -0.1) is 0 Å². The van der Waals surface area contributed by atoms with E-state index in [4.69, 9.17) is 4.74 Å². The predicted octanol–water partition coefficient (Wildman–Crippen LogP) is 1.90. The molecule has 0 saturated carbocycles. The second-order valence-corrected chi connectivity index (χ2v) is 4.48. The summed E-state index contributed by atoms with van der Waals surface area (Å²) in [6.45, 7) is 0.510. The Balaban J connectivity index is 1.80. The number of benzene rings is 1. The molecule has 4 nitrogen and oxygen atoms in total. The molecular weight excluding hydrogens is 230 g/mol. The van der Waals surface area contributed by atoms with Crippen LogP contribution in [0, 0.1) is 5.21 Å². The molecule has 96 valence electrons. The molecule has 18 heavy (non-hydrogen) atoms. The fourth-order valence-electron chi connectivity index (χ4n) is 2.11. The first-order valence-electron chi connectivity index (χ1n) is 6.19. The Labute approximate surface area is 106 Å². The van der Waals surface area contributed by atoms with Gasteiger partial charge in [0.15, 0.2) is 12.3 Å². The Kier molecular flexibility index (Phi) is 4.47.